The third-order valence-electron chi connectivity index (χ3n) is 5.42. The van der Waals surface area contributed by atoms with E-state index in [1.807, 2.05) is 42.7 Å². The molecule has 136 valence electrons. The molecular formula is C21H18Cl2N4. The van der Waals surface area contributed by atoms with Crippen LogP contribution in [0.5, 0.6) is 0 Å². The molecule has 2 heterocycles. The van der Waals surface area contributed by atoms with Crippen LogP contribution in [0.4, 0.5) is 11.6 Å². The van der Waals surface area contributed by atoms with Crippen LogP contribution in [0, 0.1) is 11.3 Å². The van der Waals surface area contributed by atoms with Gasteiger partial charge in [-0.25, -0.2) is 4.98 Å². The van der Waals surface area contributed by atoms with E-state index in [-0.39, 0.29) is 11.6 Å². The molecule has 1 aliphatic rings. The molecule has 4 rings (SSSR count). The number of benzene rings is 2. The van der Waals surface area contributed by atoms with Gasteiger partial charge in [-0.15, -0.1) is 0 Å². The summed E-state index contributed by atoms with van der Waals surface area (Å²) in [4.78, 5) is 6.76. The van der Waals surface area contributed by atoms with E-state index in [9.17, 15) is 5.26 Å². The highest BCUT2D eigenvalue weighted by molar-refractivity contribution is 6.35. The molecule has 2 unspecified atom stereocenters. The zero-order valence-electron chi connectivity index (χ0n) is 15.0. The fraction of sp³-hybridized carbons (Fsp3) is 0.238. The zero-order chi connectivity index (χ0) is 19.2. The van der Waals surface area contributed by atoms with Gasteiger partial charge in [0, 0.05) is 28.1 Å². The normalized spacial score (nSPS) is 21.1. The molecule has 4 nitrogen and oxygen atoms in total. The lowest BCUT2D eigenvalue weighted by molar-refractivity contribution is 0.303. The van der Waals surface area contributed by atoms with Crippen molar-refractivity contribution in [2.75, 3.05) is 4.90 Å². The Labute approximate surface area is 168 Å². The van der Waals surface area contributed by atoms with Crippen LogP contribution in [0.2, 0.25) is 10.0 Å². The second-order valence-corrected chi connectivity index (χ2v) is 7.99. The minimum atomic E-state index is -0.241. The average Bonchev–Trinajstić information content (AvgIpc) is 3.17. The smallest absolute Gasteiger partial charge is 0.210 e. The topological polar surface area (TPSA) is 44.9 Å². The second-order valence-electron chi connectivity index (χ2n) is 7.12. The van der Waals surface area contributed by atoms with Crippen LogP contribution in [0.15, 0.2) is 54.9 Å². The maximum Gasteiger partial charge on any atom is 0.210 e. The van der Waals surface area contributed by atoms with Crippen LogP contribution in [-0.2, 0) is 12.0 Å². The maximum atomic E-state index is 9.21. The standard InChI is InChI=1S/C21H18Cl2N4/c1-14-21(2,12-15-4-3-5-16(8-15)13-24)26-7-6-25-20(26)27(14)19-10-17(22)9-18(23)11-19/h3-11,14H,12H2,1-2H3. The first kappa shape index (κ1) is 17.9. The number of imidazole rings is 1. The number of rotatable bonds is 3. The van der Waals surface area contributed by atoms with Gasteiger partial charge >= 0.3 is 0 Å². The van der Waals surface area contributed by atoms with Crippen molar-refractivity contribution in [3.63, 3.8) is 0 Å². The third kappa shape index (κ3) is 2.97. The Morgan fingerprint density at radius 3 is 2.63 bits per heavy atom. The number of anilines is 2. The number of halogens is 2. The van der Waals surface area contributed by atoms with Crippen molar-refractivity contribution in [3.05, 3.63) is 76.0 Å². The van der Waals surface area contributed by atoms with E-state index in [0.717, 1.165) is 23.6 Å². The largest absolute Gasteiger partial charge is 0.309 e. The number of hydrogen-bond acceptors (Lipinski definition) is 3. The number of nitrogens with zero attached hydrogens (tertiary/aromatic N) is 4. The molecule has 0 saturated heterocycles. The van der Waals surface area contributed by atoms with Crippen molar-refractivity contribution in [3.8, 4) is 6.07 Å². The number of hydrogen-bond donors (Lipinski definition) is 0. The molecule has 6 heteroatoms. The molecule has 3 aromatic rings. The fourth-order valence-electron chi connectivity index (χ4n) is 3.94. The lowest BCUT2D eigenvalue weighted by Crippen LogP contribution is -2.43. The number of fused-ring (bicyclic) bond motifs is 1. The molecule has 0 aliphatic carbocycles. The van der Waals surface area contributed by atoms with E-state index in [4.69, 9.17) is 23.2 Å². The average molecular weight is 397 g/mol. The molecule has 2 aromatic carbocycles. The minimum Gasteiger partial charge on any atom is -0.309 e. The van der Waals surface area contributed by atoms with Gasteiger partial charge in [0.25, 0.3) is 0 Å². The summed E-state index contributed by atoms with van der Waals surface area (Å²) >= 11 is 12.5. The van der Waals surface area contributed by atoms with Crippen LogP contribution in [0.3, 0.4) is 0 Å². The summed E-state index contributed by atoms with van der Waals surface area (Å²) in [6.07, 6.45) is 4.59. The minimum absolute atomic E-state index is 0.112. The van der Waals surface area contributed by atoms with E-state index < -0.39 is 0 Å². The molecule has 0 N–H and O–H groups in total. The zero-order valence-corrected chi connectivity index (χ0v) is 16.5. The lowest BCUT2D eigenvalue weighted by Gasteiger charge is -2.34. The van der Waals surface area contributed by atoms with Gasteiger partial charge in [0.2, 0.25) is 5.95 Å². The number of nitriles is 1. The SMILES string of the molecule is CC1N(c2cc(Cl)cc(Cl)c2)c2nccn2C1(C)Cc1cccc(C#N)c1. The molecule has 2 atom stereocenters. The first-order valence-electron chi connectivity index (χ1n) is 8.70. The van der Waals surface area contributed by atoms with Crippen molar-refractivity contribution in [2.45, 2.75) is 31.8 Å². The predicted molar refractivity (Wildman–Crippen MR) is 109 cm³/mol. The van der Waals surface area contributed by atoms with Crippen LogP contribution in [0.25, 0.3) is 0 Å². The molecule has 1 aliphatic heterocycles. The quantitative estimate of drug-likeness (QED) is 0.581. The van der Waals surface area contributed by atoms with Gasteiger partial charge in [0.05, 0.1) is 23.2 Å². The molecule has 0 spiro atoms. The summed E-state index contributed by atoms with van der Waals surface area (Å²) in [6, 6.07) is 15.6. The van der Waals surface area contributed by atoms with Crippen LogP contribution < -0.4 is 4.90 Å². The second kappa shape index (κ2) is 6.60. The molecule has 0 saturated carbocycles. The van der Waals surface area contributed by atoms with Gasteiger partial charge in [0.15, 0.2) is 0 Å². The third-order valence-corrected chi connectivity index (χ3v) is 5.85. The molecule has 0 bridgehead atoms. The Hall–Kier alpha value is -2.48. The summed E-state index contributed by atoms with van der Waals surface area (Å²) in [5.41, 5.74) is 2.47. The fourth-order valence-corrected chi connectivity index (χ4v) is 4.45. The van der Waals surface area contributed by atoms with Crippen molar-refractivity contribution < 1.29 is 0 Å². The maximum absolute atomic E-state index is 9.21. The Morgan fingerprint density at radius 2 is 1.93 bits per heavy atom. The van der Waals surface area contributed by atoms with Crippen molar-refractivity contribution in [1.82, 2.24) is 9.55 Å². The summed E-state index contributed by atoms with van der Waals surface area (Å²) in [7, 11) is 0. The van der Waals surface area contributed by atoms with Gasteiger partial charge in [-0.2, -0.15) is 5.26 Å². The Balaban J connectivity index is 1.78. The van der Waals surface area contributed by atoms with Crippen molar-refractivity contribution in [1.29, 1.82) is 5.26 Å². The Bertz CT molecular complexity index is 1030. The Morgan fingerprint density at radius 1 is 1.19 bits per heavy atom. The molecule has 1 aromatic heterocycles. The van der Waals surface area contributed by atoms with Crippen molar-refractivity contribution >= 4 is 34.8 Å². The van der Waals surface area contributed by atoms with E-state index in [2.05, 4.69) is 40.4 Å². The first-order valence-corrected chi connectivity index (χ1v) is 9.46. The van der Waals surface area contributed by atoms with Crippen molar-refractivity contribution in [2.24, 2.45) is 0 Å². The lowest BCUT2D eigenvalue weighted by atomic mass is 9.86. The van der Waals surface area contributed by atoms with E-state index in [1.54, 1.807) is 6.07 Å². The van der Waals surface area contributed by atoms with Gasteiger partial charge in [0.1, 0.15) is 0 Å². The van der Waals surface area contributed by atoms with Crippen LogP contribution in [-0.4, -0.2) is 15.6 Å². The van der Waals surface area contributed by atoms with E-state index in [0.29, 0.717) is 15.6 Å². The highest BCUT2D eigenvalue weighted by Gasteiger charge is 2.46. The van der Waals surface area contributed by atoms with Crippen LogP contribution >= 0.6 is 23.2 Å². The van der Waals surface area contributed by atoms with E-state index >= 15 is 0 Å². The van der Waals surface area contributed by atoms with Gasteiger partial charge in [-0.1, -0.05) is 35.3 Å². The molecule has 0 amide bonds. The molecule has 0 radical (unpaired) electrons. The predicted octanol–water partition coefficient (Wildman–Crippen LogP) is 5.56. The molecule has 0 fully saturated rings. The summed E-state index contributed by atoms with van der Waals surface area (Å²) in [5.74, 6) is 0.861. The van der Waals surface area contributed by atoms with Gasteiger partial charge in [-0.3, -0.25) is 0 Å². The highest BCUT2D eigenvalue weighted by atomic mass is 35.5. The first-order chi connectivity index (χ1) is 12.9. The van der Waals surface area contributed by atoms with Gasteiger partial charge < -0.3 is 9.47 Å². The summed E-state index contributed by atoms with van der Waals surface area (Å²) < 4.78 is 2.20. The van der Waals surface area contributed by atoms with E-state index in [1.165, 1.54) is 0 Å². The molecular weight excluding hydrogens is 379 g/mol. The van der Waals surface area contributed by atoms with Gasteiger partial charge in [-0.05, 0) is 56.2 Å². The molecule has 27 heavy (non-hydrogen) atoms. The summed E-state index contributed by atoms with van der Waals surface area (Å²) in [5, 5.41) is 10.4. The highest BCUT2D eigenvalue weighted by Crippen LogP contribution is 2.45. The number of aromatic nitrogens is 2. The Kier molecular flexibility index (Phi) is 4.38. The summed E-state index contributed by atoms with van der Waals surface area (Å²) in [6.45, 7) is 4.39. The monoisotopic (exact) mass is 396 g/mol. The van der Waals surface area contributed by atoms with Crippen LogP contribution in [0.1, 0.15) is 25.0 Å².